The van der Waals surface area contributed by atoms with E-state index in [0.29, 0.717) is 13.0 Å². The zero-order chi connectivity index (χ0) is 28.7. The molecule has 41 heavy (non-hydrogen) atoms. The molecule has 1 unspecified atom stereocenters. The molecule has 0 aliphatic carbocycles. The first kappa shape index (κ1) is 27.6. The minimum Gasteiger partial charge on any atom is -0.378 e. The molecule has 0 amide bonds. The van der Waals surface area contributed by atoms with Gasteiger partial charge in [-0.25, -0.2) is 4.89 Å². The lowest BCUT2D eigenvalue weighted by Gasteiger charge is -2.15. The van der Waals surface area contributed by atoms with Crippen molar-refractivity contribution in [3.63, 3.8) is 0 Å². The standard InChI is InChI=1S/C33H40N4O4/c1-6-23-18(3)26-14-22-13-21(9-8-12-39-38)29(34-22)17-32-25(10-11-33-40-41-33)20(5)28(37-32)16-31-24(7-2)19(4)27(36-31)15-30(23)35-26/h6,13-15,17,28,33-38H,1,7-12,16H2,2-5H3/b26-14-,30-15-,32-17-. The van der Waals surface area contributed by atoms with Crippen LogP contribution in [0.25, 0.3) is 24.3 Å². The molecule has 216 valence electrons. The maximum absolute atomic E-state index is 8.91. The van der Waals surface area contributed by atoms with Crippen LogP contribution >= 0.6 is 0 Å². The Hall–Kier alpha value is -3.56. The van der Waals surface area contributed by atoms with Gasteiger partial charge in [0.2, 0.25) is 6.29 Å². The number of hydrogen-bond donors (Lipinski definition) is 5. The van der Waals surface area contributed by atoms with E-state index in [-0.39, 0.29) is 12.3 Å². The molecule has 3 aliphatic heterocycles. The molecule has 0 saturated carbocycles. The van der Waals surface area contributed by atoms with E-state index in [1.54, 1.807) is 0 Å². The van der Waals surface area contributed by atoms with Crippen molar-refractivity contribution in [3.8, 4) is 0 Å². The highest BCUT2D eigenvalue weighted by Crippen LogP contribution is 2.35. The number of aryl methyl sites for hydroxylation is 1. The molecule has 3 aromatic rings. The minimum absolute atomic E-state index is 0.108. The second-order valence-electron chi connectivity index (χ2n) is 11.3. The molecule has 0 spiro atoms. The van der Waals surface area contributed by atoms with Gasteiger partial charge in [0.1, 0.15) is 0 Å². The Labute approximate surface area is 240 Å². The predicted molar refractivity (Wildman–Crippen MR) is 161 cm³/mol. The molecule has 1 atom stereocenters. The number of fused-ring (bicyclic) bond motifs is 8. The van der Waals surface area contributed by atoms with Crippen molar-refractivity contribution in [1.82, 2.24) is 20.3 Å². The molecular formula is C33H40N4O4. The van der Waals surface area contributed by atoms with Crippen LogP contribution in [0.4, 0.5) is 0 Å². The molecular weight excluding hydrogens is 516 g/mol. The SMILES string of the molecule is C=Cc1c(C)/c2[nH]/c1=C\c1[nH]c(c(CC)c1C)CC1N/C(=C\c3[nH]c(cc3CCCOO)\C=2)C(CCC2OO2)=C1C. The Morgan fingerprint density at radius 3 is 2.59 bits per heavy atom. The Bertz CT molecular complexity index is 1660. The van der Waals surface area contributed by atoms with Crippen LogP contribution in [0.3, 0.4) is 0 Å². The Kier molecular flexibility index (Phi) is 7.66. The van der Waals surface area contributed by atoms with E-state index in [1.165, 1.54) is 33.5 Å². The molecule has 1 saturated heterocycles. The molecule has 8 nitrogen and oxygen atoms in total. The first-order valence-corrected chi connectivity index (χ1v) is 14.6. The van der Waals surface area contributed by atoms with Gasteiger partial charge in [0, 0.05) is 57.6 Å². The van der Waals surface area contributed by atoms with E-state index in [9.17, 15) is 0 Å². The molecule has 6 heterocycles. The highest BCUT2D eigenvalue weighted by Gasteiger charge is 2.31. The summed E-state index contributed by atoms with van der Waals surface area (Å²) in [5.41, 5.74) is 14.4. The fourth-order valence-corrected chi connectivity index (χ4v) is 6.49. The van der Waals surface area contributed by atoms with Crippen molar-refractivity contribution in [2.45, 2.75) is 78.6 Å². The summed E-state index contributed by atoms with van der Waals surface area (Å²) in [4.78, 5) is 25.6. The second kappa shape index (κ2) is 11.4. The highest BCUT2D eigenvalue weighted by molar-refractivity contribution is 5.66. The Morgan fingerprint density at radius 1 is 1.02 bits per heavy atom. The number of allylic oxidation sites excluding steroid dienone is 1. The summed E-state index contributed by atoms with van der Waals surface area (Å²) < 4.78 is 0. The highest BCUT2D eigenvalue weighted by atomic mass is 17.4. The van der Waals surface area contributed by atoms with Crippen LogP contribution in [-0.2, 0) is 33.9 Å². The molecule has 6 rings (SSSR count). The maximum Gasteiger partial charge on any atom is 0.224 e. The summed E-state index contributed by atoms with van der Waals surface area (Å²) in [7, 11) is 0. The van der Waals surface area contributed by atoms with Crippen molar-refractivity contribution in [1.29, 1.82) is 0 Å². The van der Waals surface area contributed by atoms with Gasteiger partial charge in [0.05, 0.1) is 12.6 Å². The monoisotopic (exact) mass is 556 g/mol. The molecule has 5 N–H and O–H groups in total. The van der Waals surface area contributed by atoms with Gasteiger partial charge in [-0.05, 0) is 104 Å². The normalized spacial score (nSPS) is 21.1. The zero-order valence-corrected chi connectivity index (χ0v) is 24.4. The van der Waals surface area contributed by atoms with Gasteiger partial charge in [-0.2, -0.15) is 9.78 Å². The molecule has 3 aliphatic rings. The minimum atomic E-state index is -0.108. The van der Waals surface area contributed by atoms with Crippen LogP contribution in [0.1, 0.15) is 83.7 Å². The smallest absolute Gasteiger partial charge is 0.224 e. The van der Waals surface area contributed by atoms with Crippen molar-refractivity contribution >= 4 is 24.3 Å². The molecule has 0 aromatic carbocycles. The van der Waals surface area contributed by atoms with Gasteiger partial charge < -0.3 is 20.3 Å². The average Bonchev–Trinajstić information content (AvgIpc) is 3.43. The Morgan fingerprint density at radius 2 is 1.85 bits per heavy atom. The van der Waals surface area contributed by atoms with E-state index >= 15 is 0 Å². The average molecular weight is 557 g/mol. The van der Waals surface area contributed by atoms with Gasteiger partial charge in [0.15, 0.2) is 0 Å². The van der Waals surface area contributed by atoms with Gasteiger partial charge in [0.25, 0.3) is 0 Å². The number of hydrogen-bond acceptors (Lipinski definition) is 5. The topological polar surface area (TPSA) is 114 Å². The summed E-state index contributed by atoms with van der Waals surface area (Å²) >= 11 is 0. The lowest BCUT2D eigenvalue weighted by molar-refractivity contribution is -0.242. The van der Waals surface area contributed by atoms with Crippen LogP contribution in [0.5, 0.6) is 0 Å². The Balaban J connectivity index is 1.55. The van der Waals surface area contributed by atoms with Crippen molar-refractivity contribution in [3.05, 3.63) is 90.8 Å². The van der Waals surface area contributed by atoms with E-state index in [0.717, 1.165) is 76.7 Å². The number of aromatic amines is 3. The summed E-state index contributed by atoms with van der Waals surface area (Å²) in [6.45, 7) is 13.2. The lowest BCUT2D eigenvalue weighted by Crippen LogP contribution is -2.26. The van der Waals surface area contributed by atoms with Crippen LogP contribution in [-0.4, -0.2) is 39.1 Å². The molecule has 8 bridgehead atoms. The van der Waals surface area contributed by atoms with Gasteiger partial charge in [-0.1, -0.05) is 19.6 Å². The number of rotatable bonds is 9. The third-order valence-electron chi connectivity index (χ3n) is 8.87. The van der Waals surface area contributed by atoms with Crippen LogP contribution in [0, 0.1) is 13.8 Å². The van der Waals surface area contributed by atoms with Crippen LogP contribution in [0.2, 0.25) is 0 Å². The maximum atomic E-state index is 8.91. The first-order chi connectivity index (χ1) is 19.9. The quantitative estimate of drug-likeness (QED) is 0.112. The van der Waals surface area contributed by atoms with Crippen LogP contribution in [0.15, 0.2) is 29.5 Å². The third-order valence-corrected chi connectivity index (χ3v) is 8.87. The summed E-state index contributed by atoms with van der Waals surface area (Å²) in [5, 5.41) is 14.9. The van der Waals surface area contributed by atoms with Crippen molar-refractivity contribution in [2.24, 2.45) is 0 Å². The van der Waals surface area contributed by atoms with E-state index < -0.39 is 0 Å². The molecule has 3 aromatic heterocycles. The van der Waals surface area contributed by atoms with E-state index in [1.807, 2.05) is 6.08 Å². The van der Waals surface area contributed by atoms with Crippen LogP contribution < -0.4 is 16.0 Å². The third kappa shape index (κ3) is 5.40. The summed E-state index contributed by atoms with van der Waals surface area (Å²) in [5.74, 6) is 0. The lowest BCUT2D eigenvalue weighted by atomic mass is 9.96. The number of nitrogens with one attached hydrogen (secondary N) is 4. The predicted octanol–water partition coefficient (Wildman–Crippen LogP) is 4.83. The zero-order valence-electron chi connectivity index (χ0n) is 24.4. The first-order valence-electron chi connectivity index (χ1n) is 14.6. The second-order valence-corrected chi connectivity index (χ2v) is 11.3. The fraction of sp³-hybridized carbons (Fsp3) is 0.394. The van der Waals surface area contributed by atoms with Crippen molar-refractivity contribution in [2.75, 3.05) is 6.61 Å². The summed E-state index contributed by atoms with van der Waals surface area (Å²) in [6, 6.07) is 2.37. The van der Waals surface area contributed by atoms with Crippen molar-refractivity contribution < 1.29 is 19.9 Å². The largest absolute Gasteiger partial charge is 0.378 e. The summed E-state index contributed by atoms with van der Waals surface area (Å²) in [6.07, 6.45) is 13.5. The van der Waals surface area contributed by atoms with Gasteiger partial charge in [-0.15, -0.1) is 0 Å². The fourth-order valence-electron chi connectivity index (χ4n) is 6.49. The van der Waals surface area contributed by atoms with E-state index in [4.69, 9.17) is 15.0 Å². The number of H-pyrrole nitrogens is 3. The number of aromatic nitrogens is 3. The molecule has 0 radical (unpaired) electrons. The van der Waals surface area contributed by atoms with E-state index in [2.05, 4.69) is 83.7 Å². The molecule has 1 fully saturated rings. The molecule has 8 heteroatoms. The van der Waals surface area contributed by atoms with Gasteiger partial charge >= 0.3 is 0 Å². The van der Waals surface area contributed by atoms with Gasteiger partial charge in [-0.3, -0.25) is 5.26 Å².